The van der Waals surface area contributed by atoms with Crippen LogP contribution < -0.4 is 0 Å². The number of ether oxygens (including phenoxy) is 1. The smallest absolute Gasteiger partial charge is 0.460 e. The van der Waals surface area contributed by atoms with Gasteiger partial charge in [0.05, 0.1) is 12.7 Å². The van der Waals surface area contributed by atoms with Gasteiger partial charge in [-0.1, -0.05) is 0 Å². The van der Waals surface area contributed by atoms with Gasteiger partial charge in [0, 0.05) is 0 Å². The van der Waals surface area contributed by atoms with E-state index in [0.717, 1.165) is 6.92 Å². The van der Waals surface area contributed by atoms with Crippen LogP contribution >= 0.6 is 0 Å². The Morgan fingerprint density at radius 3 is 1.33 bits per heavy atom. The zero-order valence-electron chi connectivity index (χ0n) is 13.6. The average molecular weight is 486 g/mol. The van der Waals surface area contributed by atoms with Crippen molar-refractivity contribution in [3.05, 3.63) is 11.9 Å². The maximum absolute atomic E-state index is 13.3. The minimum absolute atomic E-state index is 0.752. The maximum Gasteiger partial charge on any atom is 0.460 e. The fraction of sp³-hybridized carbons (Fsp3) is 0.750. The molecule has 0 unspecified atom stereocenters. The molecule has 0 aromatic carbocycles. The number of carbonyl (C=O) groups is 1. The molecular formula is C12H6F16O2. The number of carbonyl (C=O) groups excluding carboxylic acids is 1. The van der Waals surface area contributed by atoms with Gasteiger partial charge >= 0.3 is 47.7 Å². The molecule has 0 saturated heterocycles. The molecule has 0 spiro atoms. The second-order valence-corrected chi connectivity index (χ2v) is 5.19. The SMILES string of the molecule is CCOC(=O)/C=C(\F)C(F)(F)C(F)(F)C(F)(F)C(F)(F)C(F)(F)C(F)(F)C(F)(F)F. The third-order valence-corrected chi connectivity index (χ3v) is 3.16. The lowest BCUT2D eigenvalue weighted by Crippen LogP contribution is -2.72. The lowest BCUT2D eigenvalue weighted by molar-refractivity contribution is -0.450. The third kappa shape index (κ3) is 3.88. The van der Waals surface area contributed by atoms with E-state index in [4.69, 9.17) is 0 Å². The minimum Gasteiger partial charge on any atom is -0.463 e. The van der Waals surface area contributed by atoms with Crippen molar-refractivity contribution in [1.82, 2.24) is 0 Å². The zero-order valence-corrected chi connectivity index (χ0v) is 13.6. The van der Waals surface area contributed by atoms with Crippen molar-refractivity contribution in [3.63, 3.8) is 0 Å². The van der Waals surface area contributed by atoms with Crippen LogP contribution in [0.4, 0.5) is 70.2 Å². The van der Waals surface area contributed by atoms with Gasteiger partial charge in [-0.05, 0) is 6.92 Å². The molecule has 0 bridgehead atoms. The van der Waals surface area contributed by atoms with Crippen LogP contribution in [-0.4, -0.2) is 54.3 Å². The molecule has 0 aromatic rings. The first-order valence-corrected chi connectivity index (χ1v) is 6.76. The van der Waals surface area contributed by atoms with Crippen molar-refractivity contribution in [1.29, 1.82) is 0 Å². The molecule has 0 fully saturated rings. The molecule has 0 saturated carbocycles. The number of rotatable bonds is 8. The van der Waals surface area contributed by atoms with Gasteiger partial charge in [0.15, 0.2) is 5.83 Å². The quantitative estimate of drug-likeness (QED) is 0.247. The number of alkyl halides is 15. The van der Waals surface area contributed by atoms with E-state index in [1.807, 2.05) is 0 Å². The molecule has 0 aromatic heterocycles. The van der Waals surface area contributed by atoms with Gasteiger partial charge in [-0.3, -0.25) is 0 Å². The van der Waals surface area contributed by atoms with Crippen LogP contribution in [0.3, 0.4) is 0 Å². The summed E-state index contributed by atoms with van der Waals surface area (Å²) in [7, 11) is 0. The second kappa shape index (κ2) is 7.65. The highest BCUT2D eigenvalue weighted by atomic mass is 19.4. The Kier molecular flexibility index (Phi) is 7.16. The van der Waals surface area contributed by atoms with Gasteiger partial charge in [-0.15, -0.1) is 0 Å². The van der Waals surface area contributed by atoms with E-state index in [0.29, 0.717) is 0 Å². The summed E-state index contributed by atoms with van der Waals surface area (Å²) in [5.41, 5.74) is 0. The number of hydrogen-bond acceptors (Lipinski definition) is 2. The molecule has 0 heterocycles. The first-order valence-electron chi connectivity index (χ1n) is 6.76. The Morgan fingerprint density at radius 1 is 0.667 bits per heavy atom. The molecule has 0 amide bonds. The third-order valence-electron chi connectivity index (χ3n) is 3.16. The largest absolute Gasteiger partial charge is 0.463 e. The van der Waals surface area contributed by atoms with Gasteiger partial charge in [0.25, 0.3) is 0 Å². The monoisotopic (exact) mass is 486 g/mol. The van der Waals surface area contributed by atoms with Gasteiger partial charge in [0.1, 0.15) is 0 Å². The van der Waals surface area contributed by atoms with Crippen molar-refractivity contribution in [2.24, 2.45) is 0 Å². The molecule has 30 heavy (non-hydrogen) atoms. The Balaban J connectivity index is 6.59. The fourth-order valence-corrected chi connectivity index (χ4v) is 1.49. The first kappa shape index (κ1) is 28.1. The minimum atomic E-state index is -8.53. The van der Waals surface area contributed by atoms with Gasteiger partial charge < -0.3 is 4.74 Å². The van der Waals surface area contributed by atoms with Crippen LogP contribution in [0.5, 0.6) is 0 Å². The zero-order chi connectivity index (χ0) is 24.8. The maximum atomic E-state index is 13.3. The topological polar surface area (TPSA) is 26.3 Å². The first-order chi connectivity index (χ1) is 12.9. The van der Waals surface area contributed by atoms with Crippen molar-refractivity contribution in [2.45, 2.75) is 48.6 Å². The summed E-state index contributed by atoms with van der Waals surface area (Å²) in [6.45, 7) is 0.172. The predicted molar refractivity (Wildman–Crippen MR) is 61.6 cm³/mol. The normalized spacial score (nSPS) is 16.0. The molecule has 0 atom stereocenters. The molecular weight excluding hydrogens is 480 g/mol. The van der Waals surface area contributed by atoms with Crippen LogP contribution in [0.25, 0.3) is 0 Å². The van der Waals surface area contributed by atoms with Crippen molar-refractivity contribution < 1.29 is 79.8 Å². The van der Waals surface area contributed by atoms with Crippen LogP contribution in [0, 0.1) is 0 Å². The Hall–Kier alpha value is -1.91. The predicted octanol–water partition coefficient (Wildman–Crippen LogP) is 5.78. The van der Waals surface area contributed by atoms with Gasteiger partial charge in [-0.2, -0.15) is 65.9 Å². The highest BCUT2D eigenvalue weighted by molar-refractivity contribution is 5.82. The molecule has 0 aliphatic heterocycles. The van der Waals surface area contributed by atoms with Crippen LogP contribution in [0.1, 0.15) is 6.92 Å². The van der Waals surface area contributed by atoms with Crippen molar-refractivity contribution in [3.8, 4) is 0 Å². The van der Waals surface area contributed by atoms with E-state index in [1.54, 1.807) is 0 Å². The van der Waals surface area contributed by atoms with Crippen LogP contribution in [-0.2, 0) is 9.53 Å². The van der Waals surface area contributed by atoms with Gasteiger partial charge in [0.2, 0.25) is 0 Å². The number of hydrogen-bond donors (Lipinski definition) is 0. The van der Waals surface area contributed by atoms with Crippen LogP contribution in [0.15, 0.2) is 11.9 Å². The molecule has 0 radical (unpaired) electrons. The van der Waals surface area contributed by atoms with E-state index in [2.05, 4.69) is 4.74 Å². The molecule has 0 aliphatic rings. The molecule has 2 nitrogen and oxygen atoms in total. The number of halogens is 16. The van der Waals surface area contributed by atoms with Crippen molar-refractivity contribution >= 4 is 5.97 Å². The summed E-state index contributed by atoms with van der Waals surface area (Å²) in [4.78, 5) is 10.7. The fourth-order valence-electron chi connectivity index (χ4n) is 1.49. The Morgan fingerprint density at radius 2 is 1.00 bits per heavy atom. The second-order valence-electron chi connectivity index (χ2n) is 5.19. The average Bonchev–Trinajstić information content (AvgIpc) is 2.52. The summed E-state index contributed by atoms with van der Waals surface area (Å²) in [5, 5.41) is 0. The number of esters is 1. The molecule has 0 aliphatic carbocycles. The summed E-state index contributed by atoms with van der Waals surface area (Å²) in [6, 6.07) is 0. The van der Waals surface area contributed by atoms with E-state index in [-0.39, 0.29) is 0 Å². The molecule has 0 N–H and O–H groups in total. The van der Waals surface area contributed by atoms with E-state index >= 15 is 0 Å². The van der Waals surface area contributed by atoms with E-state index < -0.39 is 66.2 Å². The van der Waals surface area contributed by atoms with E-state index in [1.165, 1.54) is 0 Å². The summed E-state index contributed by atoms with van der Waals surface area (Å²) >= 11 is 0. The van der Waals surface area contributed by atoms with Crippen molar-refractivity contribution in [2.75, 3.05) is 6.61 Å². The summed E-state index contributed by atoms with van der Waals surface area (Å²) in [5.74, 6) is -55.1. The Bertz CT molecular complexity index is 674. The summed E-state index contributed by atoms with van der Waals surface area (Å²) < 4.78 is 209. The van der Waals surface area contributed by atoms with E-state index in [9.17, 15) is 75.0 Å². The lowest BCUT2D eigenvalue weighted by Gasteiger charge is -2.41. The highest BCUT2D eigenvalue weighted by Crippen LogP contribution is 2.63. The standard InChI is InChI=1S/C12H6F16O2/c1-2-30-5(29)3-4(13)6(14,15)7(16,17)8(18,19)9(20,21)10(22,23)11(24,25)12(26,27)28/h3H,2H2,1H3/b4-3-. The number of allylic oxidation sites excluding steroid dienone is 1. The van der Waals surface area contributed by atoms with Gasteiger partial charge in [-0.25, -0.2) is 9.18 Å². The molecule has 0 rings (SSSR count). The molecule has 18 heteroatoms. The Labute approximate surface area is 154 Å². The molecule has 178 valence electrons. The van der Waals surface area contributed by atoms with Crippen LogP contribution in [0.2, 0.25) is 0 Å². The highest BCUT2D eigenvalue weighted by Gasteiger charge is 2.93. The summed E-state index contributed by atoms with van der Waals surface area (Å²) in [6.07, 6.45) is -9.03. The lowest BCUT2D eigenvalue weighted by atomic mass is 9.90.